The van der Waals surface area contributed by atoms with E-state index in [9.17, 15) is 0 Å². The molecular weight excluding hydrogens is 747 g/mol. The number of hydrogen-bond acceptors (Lipinski definition) is 1. The normalized spacial score (nSPS) is 12.5. The number of hydrogen-bond donors (Lipinski definition) is 0. The zero-order valence-corrected chi connectivity index (χ0v) is 35.4. The minimum atomic E-state index is -0.0716. The summed E-state index contributed by atoms with van der Waals surface area (Å²) in [6, 6.07) is 81.8. The Hall–Kier alpha value is -7.48. The summed E-state index contributed by atoms with van der Waals surface area (Å²) >= 11 is 0. The lowest BCUT2D eigenvalue weighted by atomic mass is 9.73. The molecule has 0 aromatic heterocycles. The van der Waals surface area contributed by atoms with Crippen LogP contribution >= 0.6 is 0 Å². The van der Waals surface area contributed by atoms with E-state index in [0.29, 0.717) is 0 Å². The first kappa shape index (κ1) is 38.7. The molecule has 0 spiro atoms. The summed E-state index contributed by atoms with van der Waals surface area (Å²) < 4.78 is 0. The number of fused-ring (bicyclic) bond motifs is 3. The minimum absolute atomic E-state index is 0.0716. The predicted molar refractivity (Wildman–Crippen MR) is 265 cm³/mol. The number of para-hydroxylation sites is 2. The highest BCUT2D eigenvalue weighted by atomic mass is 15.1. The molecule has 10 rings (SSSR count). The average Bonchev–Trinajstić information content (AvgIpc) is 3.63. The van der Waals surface area contributed by atoms with Crippen LogP contribution in [0.2, 0.25) is 0 Å². The molecule has 0 aliphatic heterocycles. The monoisotopic (exact) mass is 795 g/mol. The highest BCUT2D eigenvalue weighted by Gasteiger charge is 2.41. The quantitative estimate of drug-likeness (QED) is 0.118. The Morgan fingerprint density at radius 3 is 1.40 bits per heavy atom. The molecule has 0 unspecified atom stereocenters. The molecule has 0 N–H and O–H groups in total. The van der Waals surface area contributed by atoms with E-state index in [2.05, 4.69) is 255 Å². The predicted octanol–water partition coefficient (Wildman–Crippen LogP) is 17.1. The van der Waals surface area contributed by atoms with Gasteiger partial charge in [-0.3, -0.25) is 0 Å². The van der Waals surface area contributed by atoms with Gasteiger partial charge in [0.05, 0.1) is 0 Å². The van der Waals surface area contributed by atoms with Crippen LogP contribution in [0.3, 0.4) is 0 Å². The van der Waals surface area contributed by atoms with Gasteiger partial charge < -0.3 is 4.90 Å². The van der Waals surface area contributed by atoms with Crippen molar-refractivity contribution in [2.75, 3.05) is 4.90 Å². The third-order valence-electron chi connectivity index (χ3n) is 13.0. The lowest BCUT2D eigenvalue weighted by molar-refractivity contribution is 0.490. The number of rotatable bonds is 11. The average molecular weight is 796 g/mol. The van der Waals surface area contributed by atoms with Crippen molar-refractivity contribution in [2.45, 2.75) is 32.1 Å². The van der Waals surface area contributed by atoms with Crippen LogP contribution in [0.15, 0.2) is 224 Å². The highest BCUT2D eigenvalue weighted by Crippen LogP contribution is 2.54. The Labute approximate surface area is 367 Å². The molecule has 0 saturated carbocycles. The Morgan fingerprint density at radius 1 is 0.323 bits per heavy atom. The van der Waals surface area contributed by atoms with Gasteiger partial charge in [0, 0.05) is 22.5 Å². The summed E-state index contributed by atoms with van der Waals surface area (Å²) in [5, 5.41) is 0. The standard InChI is InChI=1S/C61H49N/c1-3-61(4-2)59-40-45(32-37-56(59)57-39-36-54(43-60(57)61)62(52-24-13-7-14-25-52)53-26-15-8-16-27-53)29-28-44-30-33-48(34-31-44)58-42-50(47-20-11-6-12-21-47)35-38-55(58)51-23-17-22-49(41-51)46-18-9-5-10-19-46/h5-43H,3-4H2,1-2H3/b29-28+. The first-order chi connectivity index (χ1) is 30.6. The molecule has 0 amide bonds. The molecule has 9 aromatic carbocycles. The maximum absolute atomic E-state index is 2.46. The summed E-state index contributed by atoms with van der Waals surface area (Å²) in [7, 11) is 0. The van der Waals surface area contributed by atoms with Gasteiger partial charge in [0.15, 0.2) is 0 Å². The van der Waals surface area contributed by atoms with Gasteiger partial charge in [-0.05, 0) is 139 Å². The summed E-state index contributed by atoms with van der Waals surface area (Å²) in [4.78, 5) is 2.38. The van der Waals surface area contributed by atoms with Gasteiger partial charge in [-0.1, -0.05) is 202 Å². The first-order valence-corrected chi connectivity index (χ1v) is 22.0. The molecular formula is C61H49N. The number of anilines is 3. The zero-order valence-electron chi connectivity index (χ0n) is 35.4. The molecule has 62 heavy (non-hydrogen) atoms. The van der Waals surface area contributed by atoms with Crippen molar-refractivity contribution in [1.82, 2.24) is 0 Å². The molecule has 298 valence electrons. The molecule has 1 aliphatic carbocycles. The van der Waals surface area contributed by atoms with E-state index >= 15 is 0 Å². The number of nitrogens with zero attached hydrogens (tertiary/aromatic N) is 1. The van der Waals surface area contributed by atoms with Crippen LogP contribution in [0.5, 0.6) is 0 Å². The van der Waals surface area contributed by atoms with Gasteiger partial charge in [-0.25, -0.2) is 0 Å². The van der Waals surface area contributed by atoms with Crippen molar-refractivity contribution < 1.29 is 0 Å². The third kappa shape index (κ3) is 7.27. The Kier molecular flexibility index (Phi) is 10.5. The first-order valence-electron chi connectivity index (χ1n) is 22.0. The van der Waals surface area contributed by atoms with E-state index in [1.165, 1.54) is 83.6 Å². The lowest BCUT2D eigenvalue weighted by Crippen LogP contribution is -2.23. The van der Waals surface area contributed by atoms with Crippen LogP contribution < -0.4 is 4.90 Å². The zero-order chi connectivity index (χ0) is 41.9. The maximum atomic E-state index is 2.46. The fourth-order valence-electron chi connectivity index (χ4n) is 9.66. The van der Waals surface area contributed by atoms with Crippen molar-refractivity contribution in [2.24, 2.45) is 0 Å². The SMILES string of the molecule is CCC1(CC)c2cc(/C=C/c3ccc(-c4cc(-c5ccccc5)ccc4-c4cccc(-c5ccccc5)c4)cc3)ccc2-c2ccc(N(c3ccccc3)c3ccccc3)cc21. The van der Waals surface area contributed by atoms with Crippen LogP contribution in [-0.4, -0.2) is 0 Å². The topological polar surface area (TPSA) is 3.24 Å². The molecule has 0 atom stereocenters. The van der Waals surface area contributed by atoms with Gasteiger partial charge in [-0.15, -0.1) is 0 Å². The van der Waals surface area contributed by atoms with Crippen molar-refractivity contribution >= 4 is 29.2 Å². The fraction of sp³-hybridized carbons (Fsp3) is 0.0820. The van der Waals surface area contributed by atoms with Gasteiger partial charge >= 0.3 is 0 Å². The van der Waals surface area contributed by atoms with Crippen molar-refractivity contribution in [3.8, 4) is 55.6 Å². The van der Waals surface area contributed by atoms with Gasteiger partial charge in [0.2, 0.25) is 0 Å². The third-order valence-corrected chi connectivity index (χ3v) is 13.0. The van der Waals surface area contributed by atoms with Crippen LogP contribution in [-0.2, 0) is 5.41 Å². The Balaban J connectivity index is 0.966. The van der Waals surface area contributed by atoms with Crippen molar-refractivity contribution in [3.05, 3.63) is 247 Å². The van der Waals surface area contributed by atoms with E-state index in [-0.39, 0.29) is 5.41 Å². The van der Waals surface area contributed by atoms with E-state index in [1.807, 2.05) is 0 Å². The van der Waals surface area contributed by atoms with Gasteiger partial charge in [0.1, 0.15) is 0 Å². The van der Waals surface area contributed by atoms with Crippen molar-refractivity contribution in [3.63, 3.8) is 0 Å². The molecule has 1 heteroatoms. The van der Waals surface area contributed by atoms with Crippen LogP contribution in [0.1, 0.15) is 48.9 Å². The highest BCUT2D eigenvalue weighted by molar-refractivity contribution is 5.90. The smallest absolute Gasteiger partial charge is 0.0465 e. The second kappa shape index (κ2) is 16.9. The summed E-state index contributed by atoms with van der Waals surface area (Å²) in [5.74, 6) is 0. The molecule has 0 fully saturated rings. The summed E-state index contributed by atoms with van der Waals surface area (Å²) in [5.41, 5.74) is 21.1. The molecule has 0 bridgehead atoms. The van der Waals surface area contributed by atoms with Crippen LogP contribution in [0, 0.1) is 0 Å². The molecule has 9 aromatic rings. The molecule has 0 heterocycles. The molecule has 1 aliphatic rings. The summed E-state index contributed by atoms with van der Waals surface area (Å²) in [6.07, 6.45) is 6.60. The lowest BCUT2D eigenvalue weighted by Gasteiger charge is -2.32. The van der Waals surface area contributed by atoms with E-state index in [4.69, 9.17) is 0 Å². The Bertz CT molecular complexity index is 2960. The van der Waals surface area contributed by atoms with Crippen LogP contribution in [0.4, 0.5) is 17.1 Å². The Morgan fingerprint density at radius 2 is 0.790 bits per heavy atom. The molecule has 1 nitrogen and oxygen atoms in total. The van der Waals surface area contributed by atoms with E-state index in [1.54, 1.807) is 0 Å². The second-order valence-corrected chi connectivity index (χ2v) is 16.4. The fourth-order valence-corrected chi connectivity index (χ4v) is 9.66. The second-order valence-electron chi connectivity index (χ2n) is 16.4. The molecule has 0 saturated heterocycles. The minimum Gasteiger partial charge on any atom is -0.310 e. The van der Waals surface area contributed by atoms with Crippen molar-refractivity contribution in [1.29, 1.82) is 0 Å². The summed E-state index contributed by atoms with van der Waals surface area (Å²) in [6.45, 7) is 4.71. The van der Waals surface area contributed by atoms with Gasteiger partial charge in [-0.2, -0.15) is 0 Å². The largest absolute Gasteiger partial charge is 0.310 e. The molecule has 0 radical (unpaired) electrons. The van der Waals surface area contributed by atoms with E-state index in [0.717, 1.165) is 24.2 Å². The van der Waals surface area contributed by atoms with E-state index < -0.39 is 0 Å². The maximum Gasteiger partial charge on any atom is 0.0465 e. The number of benzene rings is 9. The van der Waals surface area contributed by atoms with Crippen LogP contribution in [0.25, 0.3) is 67.8 Å². The van der Waals surface area contributed by atoms with Gasteiger partial charge in [0.25, 0.3) is 0 Å².